The van der Waals surface area contributed by atoms with Gasteiger partial charge in [0.1, 0.15) is 11.3 Å². The van der Waals surface area contributed by atoms with E-state index in [-0.39, 0.29) is 5.78 Å². The molecule has 0 radical (unpaired) electrons. The molecule has 0 amide bonds. The van der Waals surface area contributed by atoms with Gasteiger partial charge in [0.2, 0.25) is 5.88 Å². The van der Waals surface area contributed by atoms with Crippen LogP contribution in [-0.2, 0) is 9.53 Å². The van der Waals surface area contributed by atoms with E-state index in [1.54, 1.807) is 6.92 Å². The first kappa shape index (κ1) is 19.0. The summed E-state index contributed by atoms with van der Waals surface area (Å²) in [4.78, 5) is 20.8. The normalized spacial score (nSPS) is 20.6. The maximum atomic E-state index is 11.1. The molecule has 0 bridgehead atoms. The third kappa shape index (κ3) is 5.14. The molecule has 0 saturated heterocycles. The van der Waals surface area contributed by atoms with Crippen LogP contribution in [0.1, 0.15) is 40.0 Å². The summed E-state index contributed by atoms with van der Waals surface area (Å²) < 4.78 is 17.1. The van der Waals surface area contributed by atoms with Gasteiger partial charge in [-0.3, -0.25) is 0 Å². The van der Waals surface area contributed by atoms with Crippen molar-refractivity contribution in [3.8, 4) is 11.1 Å². The number of nitrogens with zero attached hydrogens (tertiary/aromatic N) is 2. The maximum Gasteiger partial charge on any atom is 0.275 e. The SMILES string of the molecule is CCOc1nc2ccc(OCC3CC(OC[C@H](C)CC(C)=O)C3)nc2s1. The molecule has 2 aromatic rings. The van der Waals surface area contributed by atoms with Gasteiger partial charge in [-0.25, -0.2) is 9.97 Å². The third-order valence-electron chi connectivity index (χ3n) is 4.39. The van der Waals surface area contributed by atoms with E-state index in [1.807, 2.05) is 19.1 Å². The molecule has 0 aromatic carbocycles. The van der Waals surface area contributed by atoms with Crippen molar-refractivity contribution in [3.05, 3.63) is 12.1 Å². The van der Waals surface area contributed by atoms with Gasteiger partial charge in [0.15, 0.2) is 4.83 Å². The fraction of sp³-hybridized carbons (Fsp3) is 0.632. The van der Waals surface area contributed by atoms with Gasteiger partial charge in [-0.05, 0) is 44.6 Å². The number of aromatic nitrogens is 2. The molecular weight excluding hydrogens is 352 g/mol. The molecule has 7 heteroatoms. The number of pyridine rings is 1. The van der Waals surface area contributed by atoms with Crippen molar-refractivity contribution in [2.45, 2.75) is 46.1 Å². The maximum absolute atomic E-state index is 11.1. The summed E-state index contributed by atoms with van der Waals surface area (Å²) in [6.45, 7) is 7.53. The van der Waals surface area contributed by atoms with Crippen LogP contribution < -0.4 is 9.47 Å². The summed E-state index contributed by atoms with van der Waals surface area (Å²) in [6.07, 6.45) is 2.90. The number of carbonyl (C=O) groups is 1. The predicted molar refractivity (Wildman–Crippen MR) is 101 cm³/mol. The fourth-order valence-electron chi connectivity index (χ4n) is 3.05. The smallest absolute Gasteiger partial charge is 0.275 e. The standard InChI is InChI=1S/C19H26N2O4S/c1-4-23-19-20-16-5-6-17(21-18(16)26-19)25-11-14-8-15(9-14)24-10-12(2)7-13(3)22/h5-6,12,14-15H,4,7-11H2,1-3H3/t12-,14?,15?/m1/s1. The van der Waals surface area contributed by atoms with Gasteiger partial charge in [0, 0.05) is 19.1 Å². The van der Waals surface area contributed by atoms with Crippen LogP contribution in [-0.4, -0.2) is 41.7 Å². The number of hydrogen-bond donors (Lipinski definition) is 0. The highest BCUT2D eigenvalue weighted by molar-refractivity contribution is 7.19. The third-order valence-corrected chi connectivity index (χ3v) is 5.27. The largest absolute Gasteiger partial charge is 0.477 e. The van der Waals surface area contributed by atoms with Crippen molar-refractivity contribution in [2.24, 2.45) is 11.8 Å². The quantitative estimate of drug-likeness (QED) is 0.625. The molecule has 142 valence electrons. The lowest BCUT2D eigenvalue weighted by Gasteiger charge is -2.35. The van der Waals surface area contributed by atoms with Crippen LogP contribution in [0.5, 0.6) is 11.1 Å². The zero-order valence-corrected chi connectivity index (χ0v) is 16.4. The number of carbonyl (C=O) groups excluding carboxylic acids is 1. The molecule has 1 saturated carbocycles. The first-order chi connectivity index (χ1) is 12.5. The predicted octanol–water partition coefficient (Wildman–Crippen LogP) is 3.88. The zero-order valence-electron chi connectivity index (χ0n) is 15.6. The molecule has 0 spiro atoms. The van der Waals surface area contributed by atoms with Gasteiger partial charge >= 0.3 is 0 Å². The summed E-state index contributed by atoms with van der Waals surface area (Å²) in [7, 11) is 0. The molecule has 1 atom stereocenters. The monoisotopic (exact) mass is 378 g/mol. The number of ketones is 1. The summed E-state index contributed by atoms with van der Waals surface area (Å²) in [5.74, 6) is 1.64. The van der Waals surface area contributed by atoms with Gasteiger partial charge in [0.25, 0.3) is 5.19 Å². The summed E-state index contributed by atoms with van der Waals surface area (Å²) >= 11 is 1.44. The van der Waals surface area contributed by atoms with Crippen LogP contribution in [0, 0.1) is 11.8 Å². The van der Waals surface area contributed by atoms with Gasteiger partial charge in [0.05, 0.1) is 19.3 Å². The van der Waals surface area contributed by atoms with E-state index in [1.165, 1.54) is 11.3 Å². The van der Waals surface area contributed by atoms with E-state index in [0.717, 1.165) is 23.2 Å². The highest BCUT2D eigenvalue weighted by atomic mass is 32.1. The number of fused-ring (bicyclic) bond motifs is 1. The van der Waals surface area contributed by atoms with Crippen LogP contribution in [0.15, 0.2) is 12.1 Å². The second-order valence-corrected chi connectivity index (χ2v) is 7.94. The van der Waals surface area contributed by atoms with Crippen LogP contribution in [0.25, 0.3) is 10.3 Å². The van der Waals surface area contributed by atoms with E-state index in [4.69, 9.17) is 14.2 Å². The Labute approximate surface area is 157 Å². The van der Waals surface area contributed by atoms with Crippen molar-refractivity contribution in [3.63, 3.8) is 0 Å². The lowest BCUT2D eigenvalue weighted by Crippen LogP contribution is -2.36. The van der Waals surface area contributed by atoms with Crippen LogP contribution in [0.4, 0.5) is 0 Å². The molecule has 0 unspecified atom stereocenters. The molecule has 1 aliphatic rings. The van der Waals surface area contributed by atoms with Crippen LogP contribution in [0.3, 0.4) is 0 Å². The van der Waals surface area contributed by atoms with Gasteiger partial charge in [-0.1, -0.05) is 18.3 Å². The van der Waals surface area contributed by atoms with E-state index >= 15 is 0 Å². The fourth-order valence-corrected chi connectivity index (χ4v) is 3.89. The minimum absolute atomic E-state index is 0.222. The Kier molecular flexibility index (Phi) is 6.43. The average molecular weight is 378 g/mol. The van der Waals surface area contributed by atoms with Crippen molar-refractivity contribution in [1.82, 2.24) is 9.97 Å². The molecule has 2 heterocycles. The van der Waals surface area contributed by atoms with Gasteiger partial charge < -0.3 is 19.0 Å². The van der Waals surface area contributed by atoms with Crippen molar-refractivity contribution in [2.75, 3.05) is 19.8 Å². The second kappa shape index (κ2) is 8.77. The van der Waals surface area contributed by atoms with E-state index in [9.17, 15) is 4.79 Å². The molecule has 0 aliphatic heterocycles. The first-order valence-corrected chi connectivity index (χ1v) is 9.99. The molecule has 2 aromatic heterocycles. The Balaban J connectivity index is 1.39. The molecule has 0 N–H and O–H groups in total. The van der Waals surface area contributed by atoms with Crippen LogP contribution in [0.2, 0.25) is 0 Å². The highest BCUT2D eigenvalue weighted by Gasteiger charge is 2.30. The van der Waals surface area contributed by atoms with E-state index < -0.39 is 0 Å². The summed E-state index contributed by atoms with van der Waals surface area (Å²) in [5, 5.41) is 0.644. The Hall–Kier alpha value is -1.73. The lowest BCUT2D eigenvalue weighted by molar-refractivity contribution is -0.119. The lowest BCUT2D eigenvalue weighted by atomic mass is 9.83. The number of hydrogen-bond acceptors (Lipinski definition) is 7. The number of rotatable bonds is 10. The molecule has 26 heavy (non-hydrogen) atoms. The topological polar surface area (TPSA) is 70.5 Å². The summed E-state index contributed by atoms with van der Waals surface area (Å²) in [5.41, 5.74) is 0.836. The molecule has 1 fully saturated rings. The number of Topliss-reactive ketones (excluding diaryl/α,β-unsaturated/α-hetero) is 1. The zero-order chi connectivity index (χ0) is 18.5. The minimum Gasteiger partial charge on any atom is -0.477 e. The molecular formula is C19H26N2O4S. The average Bonchev–Trinajstić information content (AvgIpc) is 2.94. The van der Waals surface area contributed by atoms with Crippen LogP contribution >= 0.6 is 11.3 Å². The number of ether oxygens (including phenoxy) is 3. The molecule has 6 nitrogen and oxygen atoms in total. The van der Waals surface area contributed by atoms with Gasteiger partial charge in [-0.15, -0.1) is 0 Å². The van der Waals surface area contributed by atoms with E-state index in [2.05, 4.69) is 16.9 Å². The second-order valence-electron chi connectivity index (χ2n) is 7.00. The minimum atomic E-state index is 0.222. The Bertz CT molecular complexity index is 742. The van der Waals surface area contributed by atoms with E-state index in [0.29, 0.717) is 55.3 Å². The number of thiazole rings is 1. The highest BCUT2D eigenvalue weighted by Crippen LogP contribution is 2.32. The van der Waals surface area contributed by atoms with Crippen molar-refractivity contribution < 1.29 is 19.0 Å². The molecule has 3 rings (SSSR count). The Morgan fingerprint density at radius 3 is 2.85 bits per heavy atom. The molecule has 1 aliphatic carbocycles. The van der Waals surface area contributed by atoms with Crippen molar-refractivity contribution >= 4 is 27.5 Å². The van der Waals surface area contributed by atoms with Gasteiger partial charge in [-0.2, -0.15) is 0 Å². The Morgan fingerprint density at radius 1 is 1.31 bits per heavy atom. The summed E-state index contributed by atoms with van der Waals surface area (Å²) in [6, 6.07) is 3.77. The van der Waals surface area contributed by atoms with Crippen molar-refractivity contribution in [1.29, 1.82) is 0 Å². The Morgan fingerprint density at radius 2 is 2.12 bits per heavy atom. The first-order valence-electron chi connectivity index (χ1n) is 9.17.